The van der Waals surface area contributed by atoms with Crippen molar-refractivity contribution in [3.05, 3.63) is 11.6 Å². The van der Waals surface area contributed by atoms with Gasteiger partial charge in [0.25, 0.3) is 0 Å². The lowest BCUT2D eigenvalue weighted by atomic mass is 9.44. The van der Waals surface area contributed by atoms with Gasteiger partial charge < -0.3 is 19.3 Å². The van der Waals surface area contributed by atoms with Gasteiger partial charge in [-0.25, -0.2) is 0 Å². The zero-order valence-electron chi connectivity index (χ0n) is 22.7. The van der Waals surface area contributed by atoms with E-state index in [1.807, 2.05) is 6.92 Å². The molecule has 2 aliphatic heterocycles. The quantitative estimate of drug-likeness (QED) is 0.252. The first-order chi connectivity index (χ1) is 17.0. The Morgan fingerprint density at radius 1 is 1.22 bits per heavy atom. The summed E-state index contributed by atoms with van der Waals surface area (Å²) in [6.45, 7) is 12.1. The predicted octanol–water partition coefficient (Wildman–Crippen LogP) is 6.02. The van der Waals surface area contributed by atoms with Crippen molar-refractivity contribution < 1.29 is 24.1 Å². The largest absolute Gasteiger partial charge is 0.461 e. The van der Waals surface area contributed by atoms with Crippen LogP contribution < -0.4 is 0 Å². The molecule has 2 heterocycles. The molecule has 1 spiro atoms. The molecule has 0 aromatic heterocycles. The summed E-state index contributed by atoms with van der Waals surface area (Å²) >= 11 is 3.81. The molecule has 6 aliphatic rings. The van der Waals surface area contributed by atoms with Gasteiger partial charge in [-0.1, -0.05) is 62.2 Å². The van der Waals surface area contributed by atoms with Gasteiger partial charge in [0.1, 0.15) is 6.10 Å². The summed E-state index contributed by atoms with van der Waals surface area (Å²) in [5.41, 5.74) is 1.39. The zero-order valence-corrected chi connectivity index (χ0v) is 24.3. The maximum Gasteiger partial charge on any atom is 0.305 e. The van der Waals surface area contributed by atoms with E-state index in [1.165, 1.54) is 5.57 Å². The van der Waals surface area contributed by atoms with Crippen molar-refractivity contribution in [2.24, 2.45) is 46.3 Å². The fraction of sp³-hybridized carbons (Fsp3) is 0.900. The van der Waals surface area contributed by atoms with Crippen LogP contribution in [0.5, 0.6) is 0 Å². The minimum atomic E-state index is -0.505. The van der Waals surface area contributed by atoms with Crippen LogP contribution >= 0.6 is 15.9 Å². The van der Waals surface area contributed by atoms with Crippen LogP contribution in [0.1, 0.15) is 86.0 Å². The summed E-state index contributed by atoms with van der Waals surface area (Å²) in [5, 5.41) is 10.6. The third-order valence-electron chi connectivity index (χ3n) is 11.9. The third kappa shape index (κ3) is 3.52. The van der Waals surface area contributed by atoms with Crippen LogP contribution in [0.3, 0.4) is 0 Å². The highest BCUT2D eigenvalue weighted by molar-refractivity contribution is 9.09. The molecule has 2 saturated heterocycles. The van der Waals surface area contributed by atoms with E-state index in [1.54, 1.807) is 0 Å². The smallest absolute Gasteiger partial charge is 0.305 e. The van der Waals surface area contributed by atoms with Crippen molar-refractivity contribution in [1.82, 2.24) is 0 Å². The van der Waals surface area contributed by atoms with E-state index >= 15 is 0 Å². The molecule has 0 unspecified atom stereocenters. The summed E-state index contributed by atoms with van der Waals surface area (Å²) in [7, 11) is 0. The maximum atomic E-state index is 12.8. The first-order valence-electron chi connectivity index (χ1n) is 14.6. The molecule has 0 aromatic carbocycles. The van der Waals surface area contributed by atoms with E-state index in [0.29, 0.717) is 30.1 Å². The fourth-order valence-corrected chi connectivity index (χ4v) is 10.8. The van der Waals surface area contributed by atoms with E-state index < -0.39 is 5.79 Å². The van der Waals surface area contributed by atoms with Crippen LogP contribution in [0.4, 0.5) is 0 Å². The molecule has 13 atom stereocenters. The summed E-state index contributed by atoms with van der Waals surface area (Å²) in [6.07, 6.45) is 9.63. The van der Waals surface area contributed by atoms with Crippen LogP contribution in [0.15, 0.2) is 11.6 Å². The van der Waals surface area contributed by atoms with Gasteiger partial charge in [-0.05, 0) is 67.6 Å². The van der Waals surface area contributed by atoms with Crippen molar-refractivity contribution in [3.8, 4) is 0 Å². The molecule has 5 nitrogen and oxygen atoms in total. The number of fused-ring (bicyclic) bond motifs is 7. The van der Waals surface area contributed by atoms with E-state index in [4.69, 9.17) is 14.2 Å². The van der Waals surface area contributed by atoms with Crippen molar-refractivity contribution in [2.45, 2.75) is 115 Å². The lowest BCUT2D eigenvalue weighted by Crippen LogP contribution is -2.59. The van der Waals surface area contributed by atoms with Gasteiger partial charge in [-0.15, -0.1) is 0 Å². The van der Waals surface area contributed by atoms with E-state index in [0.717, 1.165) is 51.6 Å². The van der Waals surface area contributed by atoms with Crippen molar-refractivity contribution in [2.75, 3.05) is 6.61 Å². The average Bonchev–Trinajstić information content (AvgIpc) is 3.28. The second kappa shape index (κ2) is 8.79. The molecule has 0 amide bonds. The number of halogens is 1. The first kappa shape index (κ1) is 25.8. The number of hydrogen-bond donors (Lipinski definition) is 1. The van der Waals surface area contributed by atoms with Gasteiger partial charge in [-0.2, -0.15) is 0 Å². The molecule has 0 bridgehead atoms. The Kier molecular flexibility index (Phi) is 6.31. The summed E-state index contributed by atoms with van der Waals surface area (Å²) < 4.78 is 19.7. The van der Waals surface area contributed by atoms with E-state index in [9.17, 15) is 9.90 Å². The van der Waals surface area contributed by atoms with Crippen LogP contribution in [0.25, 0.3) is 0 Å². The molecule has 36 heavy (non-hydrogen) atoms. The average molecular weight is 566 g/mol. The SMILES string of the molecule is CCC(=O)O[C@H]1C[C@H]2[C@@H](CC[C@H]3C[C@H](O)[C@@H](Br)C[C@@]32C)C2=C[C@@H]3O[C@]4(CC[C@H](C)CO4)[C@@H](C)[C@@H]3[C@]21C. The summed E-state index contributed by atoms with van der Waals surface area (Å²) in [5.74, 6) is 1.95. The van der Waals surface area contributed by atoms with Gasteiger partial charge in [-0.3, -0.25) is 4.79 Å². The molecule has 3 saturated carbocycles. The van der Waals surface area contributed by atoms with Gasteiger partial charge in [0.2, 0.25) is 0 Å². The molecule has 0 radical (unpaired) electrons. The topological polar surface area (TPSA) is 65.0 Å². The molecular formula is C30H45BrO5. The van der Waals surface area contributed by atoms with Crippen LogP contribution in [0, 0.1) is 46.3 Å². The molecule has 4 aliphatic carbocycles. The summed E-state index contributed by atoms with van der Waals surface area (Å²) in [4.78, 5) is 12.9. The Morgan fingerprint density at radius 2 is 2.00 bits per heavy atom. The van der Waals surface area contributed by atoms with E-state index in [-0.39, 0.29) is 51.8 Å². The molecule has 0 aromatic rings. The number of aliphatic hydroxyl groups excluding tert-OH is 1. The Balaban J connectivity index is 1.38. The fourth-order valence-electron chi connectivity index (χ4n) is 9.85. The Labute approximate surface area is 225 Å². The molecule has 6 heteroatoms. The number of carbonyl (C=O) groups excluding carboxylic acids is 1. The highest BCUT2D eigenvalue weighted by Crippen LogP contribution is 2.70. The monoisotopic (exact) mass is 564 g/mol. The maximum absolute atomic E-state index is 12.8. The third-order valence-corrected chi connectivity index (χ3v) is 12.9. The van der Waals surface area contributed by atoms with Gasteiger partial charge in [0, 0.05) is 34.9 Å². The minimum Gasteiger partial charge on any atom is -0.461 e. The Morgan fingerprint density at radius 3 is 2.69 bits per heavy atom. The summed E-state index contributed by atoms with van der Waals surface area (Å²) in [6, 6.07) is 0. The second-order valence-electron chi connectivity index (χ2n) is 13.7. The molecule has 5 fully saturated rings. The van der Waals surface area contributed by atoms with Crippen molar-refractivity contribution >= 4 is 21.9 Å². The standard InChI is InChI=1S/C30H45BrO5/c1-6-26(33)35-25-13-20-19(8-7-18-11-23(32)22(31)14-28(18,20)4)21-12-24-27(29(21,25)5)17(3)30(36-24)10-9-16(2)15-34-30/h12,16-20,22-25,27,32H,6-11,13-15H2,1-5H3/t16-,17-,18-,19+,20-,22-,23-,24-,25-,27-,28-,29+,30+/m0/s1. The number of alkyl halides is 1. The lowest BCUT2D eigenvalue weighted by Gasteiger charge is -2.61. The number of aliphatic hydroxyl groups is 1. The highest BCUT2D eigenvalue weighted by atomic mass is 79.9. The van der Waals surface area contributed by atoms with Gasteiger partial charge >= 0.3 is 5.97 Å². The number of esters is 1. The van der Waals surface area contributed by atoms with Crippen molar-refractivity contribution in [1.29, 1.82) is 0 Å². The number of carbonyl (C=O) groups is 1. The number of ether oxygens (including phenoxy) is 3. The predicted molar refractivity (Wildman–Crippen MR) is 141 cm³/mol. The first-order valence-corrected chi connectivity index (χ1v) is 15.5. The lowest BCUT2D eigenvalue weighted by molar-refractivity contribution is -0.265. The molecular weight excluding hydrogens is 520 g/mol. The zero-order chi connectivity index (χ0) is 25.6. The minimum absolute atomic E-state index is 0.0256. The molecule has 6 rings (SSSR count). The van der Waals surface area contributed by atoms with Gasteiger partial charge in [0.05, 0.1) is 18.8 Å². The van der Waals surface area contributed by atoms with E-state index in [2.05, 4.69) is 49.7 Å². The van der Waals surface area contributed by atoms with Gasteiger partial charge in [0.15, 0.2) is 5.79 Å². The second-order valence-corrected chi connectivity index (χ2v) is 14.8. The Bertz CT molecular complexity index is 926. The number of rotatable bonds is 2. The molecule has 1 N–H and O–H groups in total. The number of hydrogen-bond acceptors (Lipinski definition) is 5. The van der Waals surface area contributed by atoms with Crippen LogP contribution in [-0.4, -0.2) is 46.6 Å². The van der Waals surface area contributed by atoms with Crippen LogP contribution in [-0.2, 0) is 19.0 Å². The highest BCUT2D eigenvalue weighted by Gasteiger charge is 2.69. The van der Waals surface area contributed by atoms with Crippen molar-refractivity contribution in [3.63, 3.8) is 0 Å². The molecule has 202 valence electrons. The normalized spacial score (nSPS) is 55.8. The van der Waals surface area contributed by atoms with Crippen LogP contribution in [0.2, 0.25) is 0 Å². The Hall–Kier alpha value is -0.430.